The van der Waals surface area contributed by atoms with Crippen LogP contribution in [0.4, 0.5) is 0 Å². The monoisotopic (exact) mass is 528 g/mol. The SMILES string of the molecule is CC(C)N(CCN(C(C)C)C(C)C)C(C)C.CC(C)N(CCN(C(C)C)C(C)C)CN(C(C)C)C(C)C. The van der Waals surface area contributed by atoms with Crippen LogP contribution in [-0.2, 0) is 0 Å². The molecule has 0 fully saturated rings. The van der Waals surface area contributed by atoms with Gasteiger partial charge in [-0.3, -0.25) is 24.5 Å². The zero-order chi connectivity index (χ0) is 29.6. The number of nitrogens with zero attached hydrogens (tertiary/aromatic N) is 5. The Morgan fingerprint density at radius 1 is 0.270 bits per heavy atom. The van der Waals surface area contributed by atoms with Crippen LogP contribution in [-0.4, -0.2) is 112 Å². The molecule has 226 valence electrons. The normalized spacial score (nSPS) is 13.3. The van der Waals surface area contributed by atoms with Crippen molar-refractivity contribution in [1.29, 1.82) is 0 Å². The molecular weight excluding hydrogens is 454 g/mol. The van der Waals surface area contributed by atoms with E-state index in [1.165, 1.54) is 13.1 Å². The van der Waals surface area contributed by atoms with Gasteiger partial charge >= 0.3 is 0 Å². The van der Waals surface area contributed by atoms with Crippen molar-refractivity contribution in [2.24, 2.45) is 0 Å². The van der Waals surface area contributed by atoms with E-state index in [0.717, 1.165) is 19.8 Å². The molecule has 0 bridgehead atoms. The minimum atomic E-state index is 0.589. The second-order valence-corrected chi connectivity index (χ2v) is 13.5. The van der Waals surface area contributed by atoms with Gasteiger partial charge < -0.3 is 0 Å². The fourth-order valence-electron chi connectivity index (χ4n) is 5.44. The highest BCUT2D eigenvalue weighted by Gasteiger charge is 2.21. The van der Waals surface area contributed by atoms with Gasteiger partial charge in [0, 0.05) is 80.6 Å². The fraction of sp³-hybridized carbons (Fsp3) is 1.00. The van der Waals surface area contributed by atoms with Crippen LogP contribution in [0.5, 0.6) is 0 Å². The quantitative estimate of drug-likeness (QED) is 0.187. The Morgan fingerprint density at radius 2 is 0.486 bits per heavy atom. The molecule has 0 radical (unpaired) electrons. The first-order chi connectivity index (χ1) is 16.8. The molecule has 0 aliphatic heterocycles. The van der Waals surface area contributed by atoms with Gasteiger partial charge in [0.2, 0.25) is 0 Å². The molecule has 0 aromatic carbocycles. The standard InChI is InChI=1S/C18H41N3.C14H32N2/c1-14(2)19(13-21(17(7)8)18(9)10)11-12-20(15(3)4)16(5)6;1-11(2)15(12(3)4)9-10-16(13(5)6)14(7)8/h14-18H,11-13H2,1-10H3;11-14H,9-10H2,1-8H3. The van der Waals surface area contributed by atoms with E-state index in [0.29, 0.717) is 54.4 Å². The highest BCUT2D eigenvalue weighted by Crippen LogP contribution is 2.12. The first kappa shape index (κ1) is 38.9. The summed E-state index contributed by atoms with van der Waals surface area (Å²) in [5, 5.41) is 0. The third-order valence-electron chi connectivity index (χ3n) is 7.64. The zero-order valence-electron chi connectivity index (χ0n) is 29.0. The minimum Gasteiger partial charge on any atom is -0.297 e. The van der Waals surface area contributed by atoms with E-state index in [-0.39, 0.29) is 0 Å². The van der Waals surface area contributed by atoms with Crippen LogP contribution in [0.3, 0.4) is 0 Å². The Bertz CT molecular complexity index is 473. The molecule has 37 heavy (non-hydrogen) atoms. The van der Waals surface area contributed by atoms with Gasteiger partial charge in [0.1, 0.15) is 0 Å². The van der Waals surface area contributed by atoms with E-state index in [1.807, 2.05) is 0 Å². The van der Waals surface area contributed by atoms with Crippen molar-refractivity contribution in [3.05, 3.63) is 0 Å². The molecule has 0 aliphatic carbocycles. The molecule has 0 rings (SSSR count). The lowest BCUT2D eigenvalue weighted by molar-refractivity contribution is 0.0456. The second-order valence-electron chi connectivity index (χ2n) is 13.5. The highest BCUT2D eigenvalue weighted by molar-refractivity contribution is 4.75. The van der Waals surface area contributed by atoms with Crippen LogP contribution < -0.4 is 0 Å². The van der Waals surface area contributed by atoms with Gasteiger partial charge in [0.05, 0.1) is 6.67 Å². The smallest absolute Gasteiger partial charge is 0.0514 e. The number of rotatable bonds is 17. The van der Waals surface area contributed by atoms with E-state index in [4.69, 9.17) is 0 Å². The average molecular weight is 528 g/mol. The summed E-state index contributed by atoms with van der Waals surface area (Å²) in [6.45, 7) is 47.0. The molecule has 0 amide bonds. The van der Waals surface area contributed by atoms with Crippen molar-refractivity contribution in [3.63, 3.8) is 0 Å². The summed E-state index contributed by atoms with van der Waals surface area (Å²) in [5.74, 6) is 0. The Kier molecular flexibility index (Phi) is 20.8. The van der Waals surface area contributed by atoms with E-state index in [1.54, 1.807) is 0 Å². The lowest BCUT2D eigenvalue weighted by atomic mass is 10.2. The van der Waals surface area contributed by atoms with Gasteiger partial charge in [-0.2, -0.15) is 0 Å². The molecule has 5 nitrogen and oxygen atoms in total. The molecule has 0 saturated heterocycles. The third-order valence-corrected chi connectivity index (χ3v) is 7.64. The summed E-state index contributed by atoms with van der Waals surface area (Å²) in [4.78, 5) is 12.9. The molecule has 0 aliphatic rings. The van der Waals surface area contributed by atoms with Crippen LogP contribution in [0.25, 0.3) is 0 Å². The maximum absolute atomic E-state index is 2.61. The molecule has 5 heteroatoms. The van der Waals surface area contributed by atoms with Crippen LogP contribution in [0.2, 0.25) is 0 Å². The lowest BCUT2D eigenvalue weighted by Gasteiger charge is -2.39. The van der Waals surface area contributed by atoms with Crippen LogP contribution in [0, 0.1) is 0 Å². The van der Waals surface area contributed by atoms with Gasteiger partial charge in [-0.05, 0) is 125 Å². The average Bonchev–Trinajstić information content (AvgIpc) is 2.71. The van der Waals surface area contributed by atoms with E-state index in [9.17, 15) is 0 Å². The Morgan fingerprint density at radius 3 is 0.676 bits per heavy atom. The Labute approximate surface area is 236 Å². The van der Waals surface area contributed by atoms with Crippen molar-refractivity contribution in [2.75, 3.05) is 32.8 Å². The summed E-state index contributed by atoms with van der Waals surface area (Å²) in [6.07, 6.45) is 0. The summed E-state index contributed by atoms with van der Waals surface area (Å²) in [7, 11) is 0. The molecule has 0 unspecified atom stereocenters. The second kappa shape index (κ2) is 19.8. The Balaban J connectivity index is 0. The predicted octanol–water partition coefficient (Wildman–Crippen LogP) is 7.12. The van der Waals surface area contributed by atoms with Crippen LogP contribution >= 0.6 is 0 Å². The number of hydrogen-bond donors (Lipinski definition) is 0. The Hall–Kier alpha value is -0.200. The number of hydrogen-bond acceptors (Lipinski definition) is 5. The first-order valence-electron chi connectivity index (χ1n) is 15.6. The van der Waals surface area contributed by atoms with Crippen molar-refractivity contribution in [3.8, 4) is 0 Å². The molecule has 0 aromatic heterocycles. The van der Waals surface area contributed by atoms with Gasteiger partial charge in [0.15, 0.2) is 0 Å². The maximum Gasteiger partial charge on any atom is 0.0514 e. The summed E-state index contributed by atoms with van der Waals surface area (Å²) in [5.41, 5.74) is 0. The van der Waals surface area contributed by atoms with E-state index in [2.05, 4.69) is 149 Å². The predicted molar refractivity (Wildman–Crippen MR) is 170 cm³/mol. The highest BCUT2D eigenvalue weighted by atomic mass is 15.3. The van der Waals surface area contributed by atoms with Gasteiger partial charge in [0.25, 0.3) is 0 Å². The van der Waals surface area contributed by atoms with Crippen LogP contribution in [0.15, 0.2) is 0 Å². The van der Waals surface area contributed by atoms with Crippen molar-refractivity contribution >= 4 is 0 Å². The van der Waals surface area contributed by atoms with Gasteiger partial charge in [-0.15, -0.1) is 0 Å². The largest absolute Gasteiger partial charge is 0.297 e. The van der Waals surface area contributed by atoms with E-state index < -0.39 is 0 Å². The van der Waals surface area contributed by atoms with Crippen LogP contribution in [0.1, 0.15) is 125 Å². The van der Waals surface area contributed by atoms with Crippen molar-refractivity contribution in [1.82, 2.24) is 24.5 Å². The van der Waals surface area contributed by atoms with E-state index >= 15 is 0 Å². The maximum atomic E-state index is 2.61. The molecule has 0 spiro atoms. The molecule has 0 aromatic rings. The minimum absolute atomic E-state index is 0.589. The first-order valence-corrected chi connectivity index (χ1v) is 15.6. The topological polar surface area (TPSA) is 16.2 Å². The van der Waals surface area contributed by atoms with Crippen molar-refractivity contribution in [2.45, 2.75) is 179 Å². The molecular formula is C32H73N5. The summed E-state index contributed by atoms with van der Waals surface area (Å²) in [6, 6.07) is 5.57. The third kappa shape index (κ3) is 16.5. The molecule has 0 N–H and O–H groups in total. The fourth-order valence-corrected chi connectivity index (χ4v) is 5.44. The summed E-state index contributed by atoms with van der Waals surface area (Å²) < 4.78 is 0. The zero-order valence-corrected chi connectivity index (χ0v) is 29.0. The molecule has 0 saturated carbocycles. The lowest BCUT2D eigenvalue weighted by Crippen LogP contribution is -2.50. The van der Waals surface area contributed by atoms with Gasteiger partial charge in [-0.1, -0.05) is 0 Å². The van der Waals surface area contributed by atoms with Crippen molar-refractivity contribution < 1.29 is 0 Å². The molecule has 0 atom stereocenters. The summed E-state index contributed by atoms with van der Waals surface area (Å²) >= 11 is 0. The van der Waals surface area contributed by atoms with Gasteiger partial charge in [-0.25, -0.2) is 0 Å². The molecule has 0 heterocycles.